The monoisotopic (exact) mass is 488 g/mol. The number of benzene rings is 3. The lowest BCUT2D eigenvalue weighted by molar-refractivity contribution is 0.355. The maximum Gasteiger partial charge on any atom is 0.244 e. The molecule has 0 aliphatic heterocycles. The van der Waals surface area contributed by atoms with Crippen LogP contribution in [0, 0.1) is 0 Å². The molecular formula is C25H21BrN4O2. The average molecular weight is 489 g/mol. The standard InChI is InChI=1S/C25H21BrN4O2/c1-31-23-13-10-19(14-24(23)32-2)22-15-21(18-6-4-3-5-7-18)28-25(29-22)30-27-16-17-8-11-20(26)12-9-17/h3-16H,1-2H3,(H,28,29,30)/b27-16-. The SMILES string of the molecule is COc1ccc(-c2cc(-c3ccccc3)nc(N/N=C\c3ccc(Br)cc3)n2)cc1OC. The zero-order chi connectivity index (χ0) is 22.3. The van der Waals surface area contributed by atoms with Crippen molar-refractivity contribution in [3.05, 3.63) is 88.9 Å². The molecule has 4 rings (SSSR count). The van der Waals surface area contributed by atoms with Gasteiger partial charge in [-0.1, -0.05) is 58.4 Å². The van der Waals surface area contributed by atoms with Crippen LogP contribution in [0.15, 0.2) is 88.4 Å². The van der Waals surface area contributed by atoms with Gasteiger partial charge in [-0.15, -0.1) is 0 Å². The van der Waals surface area contributed by atoms with E-state index < -0.39 is 0 Å². The van der Waals surface area contributed by atoms with E-state index in [1.165, 1.54) is 0 Å². The molecule has 0 saturated carbocycles. The van der Waals surface area contributed by atoms with E-state index in [4.69, 9.17) is 9.47 Å². The first-order valence-electron chi connectivity index (χ1n) is 9.88. The number of halogens is 1. The van der Waals surface area contributed by atoms with Gasteiger partial charge in [0, 0.05) is 15.6 Å². The number of aromatic nitrogens is 2. The fourth-order valence-corrected chi connectivity index (χ4v) is 3.38. The van der Waals surface area contributed by atoms with Gasteiger partial charge in [0.05, 0.1) is 31.8 Å². The van der Waals surface area contributed by atoms with E-state index >= 15 is 0 Å². The van der Waals surface area contributed by atoms with Gasteiger partial charge in [-0.2, -0.15) is 5.10 Å². The van der Waals surface area contributed by atoms with E-state index in [2.05, 4.69) is 36.4 Å². The number of methoxy groups -OCH3 is 2. The van der Waals surface area contributed by atoms with Crippen LogP contribution in [-0.2, 0) is 0 Å². The Hall–Kier alpha value is -3.71. The Bertz CT molecular complexity index is 1230. The number of hydrogen-bond acceptors (Lipinski definition) is 6. The van der Waals surface area contributed by atoms with Crippen LogP contribution in [0.1, 0.15) is 5.56 Å². The number of anilines is 1. The Morgan fingerprint density at radius 3 is 2.16 bits per heavy atom. The third-order valence-corrected chi connectivity index (χ3v) is 5.25. The van der Waals surface area contributed by atoms with Gasteiger partial charge in [0.25, 0.3) is 0 Å². The molecule has 0 fully saturated rings. The summed E-state index contributed by atoms with van der Waals surface area (Å²) in [5.41, 5.74) is 7.30. The fraction of sp³-hybridized carbons (Fsp3) is 0.0800. The zero-order valence-electron chi connectivity index (χ0n) is 17.6. The van der Waals surface area contributed by atoms with Crippen molar-refractivity contribution >= 4 is 28.1 Å². The van der Waals surface area contributed by atoms with Gasteiger partial charge in [0.2, 0.25) is 5.95 Å². The largest absolute Gasteiger partial charge is 0.493 e. The van der Waals surface area contributed by atoms with Gasteiger partial charge in [-0.3, -0.25) is 0 Å². The molecule has 3 aromatic carbocycles. The fourth-order valence-electron chi connectivity index (χ4n) is 3.11. The molecule has 7 heteroatoms. The Kier molecular flexibility index (Phi) is 6.77. The summed E-state index contributed by atoms with van der Waals surface area (Å²) in [6, 6.07) is 25.4. The first-order valence-corrected chi connectivity index (χ1v) is 10.7. The summed E-state index contributed by atoms with van der Waals surface area (Å²) in [4.78, 5) is 9.32. The lowest BCUT2D eigenvalue weighted by atomic mass is 10.1. The molecule has 0 amide bonds. The first kappa shape index (κ1) is 21.5. The molecular weight excluding hydrogens is 468 g/mol. The van der Waals surface area contributed by atoms with Crippen molar-refractivity contribution in [3.8, 4) is 34.0 Å². The highest BCUT2D eigenvalue weighted by Gasteiger charge is 2.11. The van der Waals surface area contributed by atoms with Crippen LogP contribution in [0.4, 0.5) is 5.95 Å². The zero-order valence-corrected chi connectivity index (χ0v) is 19.2. The van der Waals surface area contributed by atoms with Gasteiger partial charge in [-0.25, -0.2) is 15.4 Å². The molecule has 4 aromatic rings. The summed E-state index contributed by atoms with van der Waals surface area (Å²) in [6.45, 7) is 0. The van der Waals surface area contributed by atoms with Crippen molar-refractivity contribution in [1.29, 1.82) is 0 Å². The highest BCUT2D eigenvalue weighted by molar-refractivity contribution is 9.10. The third kappa shape index (κ3) is 5.12. The molecule has 0 radical (unpaired) electrons. The quantitative estimate of drug-likeness (QED) is 0.253. The van der Waals surface area contributed by atoms with Crippen molar-refractivity contribution in [2.24, 2.45) is 5.10 Å². The van der Waals surface area contributed by atoms with E-state index in [1.807, 2.05) is 78.9 Å². The van der Waals surface area contributed by atoms with E-state index in [1.54, 1.807) is 20.4 Å². The van der Waals surface area contributed by atoms with Crippen LogP contribution in [0.5, 0.6) is 11.5 Å². The lowest BCUT2D eigenvalue weighted by Gasteiger charge is -2.11. The maximum atomic E-state index is 5.45. The Labute approximate surface area is 195 Å². The van der Waals surface area contributed by atoms with E-state index in [9.17, 15) is 0 Å². The number of hydrazone groups is 1. The molecule has 32 heavy (non-hydrogen) atoms. The van der Waals surface area contributed by atoms with Crippen LogP contribution in [0.3, 0.4) is 0 Å². The Morgan fingerprint density at radius 1 is 0.781 bits per heavy atom. The Balaban J connectivity index is 1.71. The van der Waals surface area contributed by atoms with Crippen LogP contribution in [0.2, 0.25) is 0 Å². The minimum atomic E-state index is 0.393. The number of hydrogen-bond donors (Lipinski definition) is 1. The van der Waals surface area contributed by atoms with E-state index in [-0.39, 0.29) is 0 Å². The summed E-state index contributed by atoms with van der Waals surface area (Å²) in [5.74, 6) is 1.68. The number of ether oxygens (including phenoxy) is 2. The first-order chi connectivity index (χ1) is 15.7. The summed E-state index contributed by atoms with van der Waals surface area (Å²) < 4.78 is 11.8. The second kappa shape index (κ2) is 10.1. The molecule has 160 valence electrons. The average Bonchev–Trinajstić information content (AvgIpc) is 2.85. The predicted octanol–water partition coefficient (Wildman–Crippen LogP) is 6.04. The van der Waals surface area contributed by atoms with Crippen molar-refractivity contribution in [3.63, 3.8) is 0 Å². The number of nitrogens with zero attached hydrogens (tertiary/aromatic N) is 3. The van der Waals surface area contributed by atoms with Crippen molar-refractivity contribution < 1.29 is 9.47 Å². The molecule has 0 bridgehead atoms. The van der Waals surface area contributed by atoms with E-state index in [0.717, 1.165) is 32.6 Å². The molecule has 1 aromatic heterocycles. The summed E-state index contributed by atoms with van der Waals surface area (Å²) >= 11 is 3.43. The van der Waals surface area contributed by atoms with Crippen LogP contribution in [-0.4, -0.2) is 30.4 Å². The minimum Gasteiger partial charge on any atom is -0.493 e. The second-order valence-electron chi connectivity index (χ2n) is 6.82. The molecule has 0 spiro atoms. The Morgan fingerprint density at radius 2 is 1.47 bits per heavy atom. The molecule has 0 aliphatic rings. The second-order valence-corrected chi connectivity index (χ2v) is 7.74. The van der Waals surface area contributed by atoms with Crippen LogP contribution >= 0.6 is 15.9 Å². The van der Waals surface area contributed by atoms with Crippen LogP contribution < -0.4 is 14.9 Å². The molecule has 0 saturated heterocycles. The normalized spacial score (nSPS) is 10.8. The molecule has 1 N–H and O–H groups in total. The smallest absolute Gasteiger partial charge is 0.244 e. The van der Waals surface area contributed by atoms with Crippen molar-refractivity contribution in [2.45, 2.75) is 0 Å². The molecule has 1 heterocycles. The van der Waals surface area contributed by atoms with Crippen LogP contribution in [0.25, 0.3) is 22.5 Å². The van der Waals surface area contributed by atoms with Gasteiger partial charge in [0.1, 0.15) is 0 Å². The number of rotatable bonds is 7. The maximum absolute atomic E-state index is 5.45. The summed E-state index contributed by atoms with van der Waals surface area (Å²) in [5, 5.41) is 4.31. The van der Waals surface area contributed by atoms with Gasteiger partial charge >= 0.3 is 0 Å². The predicted molar refractivity (Wildman–Crippen MR) is 131 cm³/mol. The van der Waals surface area contributed by atoms with Crippen molar-refractivity contribution in [2.75, 3.05) is 19.6 Å². The number of nitrogens with one attached hydrogen (secondary N) is 1. The lowest BCUT2D eigenvalue weighted by Crippen LogP contribution is -2.00. The molecule has 0 aliphatic carbocycles. The molecule has 6 nitrogen and oxygen atoms in total. The topological polar surface area (TPSA) is 68.6 Å². The van der Waals surface area contributed by atoms with Gasteiger partial charge < -0.3 is 9.47 Å². The highest BCUT2D eigenvalue weighted by atomic mass is 79.9. The van der Waals surface area contributed by atoms with Crippen molar-refractivity contribution in [1.82, 2.24) is 9.97 Å². The van der Waals surface area contributed by atoms with Gasteiger partial charge in [0.15, 0.2) is 11.5 Å². The molecule has 0 atom stereocenters. The van der Waals surface area contributed by atoms with Gasteiger partial charge in [-0.05, 0) is 42.0 Å². The highest BCUT2D eigenvalue weighted by Crippen LogP contribution is 2.33. The minimum absolute atomic E-state index is 0.393. The third-order valence-electron chi connectivity index (χ3n) is 4.72. The van der Waals surface area contributed by atoms with E-state index in [0.29, 0.717) is 17.4 Å². The molecule has 0 unspecified atom stereocenters. The summed E-state index contributed by atoms with van der Waals surface area (Å²) in [6.07, 6.45) is 1.72. The summed E-state index contributed by atoms with van der Waals surface area (Å²) in [7, 11) is 3.22.